The Morgan fingerprint density at radius 3 is 2.79 bits per heavy atom. The summed E-state index contributed by atoms with van der Waals surface area (Å²) in [6.07, 6.45) is 6.17. The zero-order chi connectivity index (χ0) is 13.1. The third-order valence-electron chi connectivity index (χ3n) is 4.48. The van der Waals surface area contributed by atoms with E-state index in [1.807, 2.05) is 0 Å². The second-order valence-electron chi connectivity index (χ2n) is 5.77. The van der Waals surface area contributed by atoms with Crippen molar-refractivity contribution in [1.82, 2.24) is 20.4 Å². The molecule has 5 heteroatoms. The molecule has 3 heterocycles. The summed E-state index contributed by atoms with van der Waals surface area (Å²) in [5, 5.41) is 7.60. The lowest BCUT2D eigenvalue weighted by atomic mass is 9.88. The lowest BCUT2D eigenvalue weighted by molar-refractivity contribution is 0.143. The van der Waals surface area contributed by atoms with Crippen molar-refractivity contribution in [2.75, 3.05) is 19.6 Å². The average Bonchev–Trinajstić information content (AvgIpc) is 3.10. The van der Waals surface area contributed by atoms with Gasteiger partial charge in [0.2, 0.25) is 5.89 Å². The third kappa shape index (κ3) is 3.15. The first kappa shape index (κ1) is 13.1. The molecule has 0 aromatic carbocycles. The molecule has 0 spiro atoms. The van der Waals surface area contributed by atoms with Crippen molar-refractivity contribution in [2.24, 2.45) is 5.92 Å². The van der Waals surface area contributed by atoms with Crippen LogP contribution in [0.1, 0.15) is 44.3 Å². The van der Waals surface area contributed by atoms with E-state index in [1.54, 1.807) is 0 Å². The van der Waals surface area contributed by atoms with Crippen LogP contribution < -0.4 is 5.32 Å². The molecule has 0 radical (unpaired) electrons. The first-order chi connectivity index (χ1) is 9.35. The Morgan fingerprint density at radius 1 is 1.32 bits per heavy atom. The van der Waals surface area contributed by atoms with Crippen LogP contribution in [0.4, 0.5) is 0 Å². The standard InChI is InChI=1S/C14H24N4O/c1-2-13-16-14(19-17-13)10-18-8-5-11(6-9-18)12-4-3-7-15-12/h11-12,15H,2-10H2,1H3. The first-order valence-electron chi connectivity index (χ1n) is 7.62. The lowest BCUT2D eigenvalue weighted by Gasteiger charge is -2.34. The minimum Gasteiger partial charge on any atom is -0.338 e. The number of hydrogen-bond acceptors (Lipinski definition) is 5. The van der Waals surface area contributed by atoms with E-state index in [1.165, 1.54) is 32.2 Å². The van der Waals surface area contributed by atoms with Gasteiger partial charge in [0.1, 0.15) is 0 Å². The predicted octanol–water partition coefficient (Wildman–Crippen LogP) is 1.60. The smallest absolute Gasteiger partial charge is 0.240 e. The molecule has 2 fully saturated rings. The Hall–Kier alpha value is -0.940. The van der Waals surface area contributed by atoms with Crippen LogP contribution in [0.15, 0.2) is 4.52 Å². The van der Waals surface area contributed by atoms with E-state index in [-0.39, 0.29) is 0 Å². The van der Waals surface area contributed by atoms with Gasteiger partial charge in [0.25, 0.3) is 0 Å². The predicted molar refractivity (Wildman–Crippen MR) is 72.7 cm³/mol. The molecule has 2 aliphatic rings. The SMILES string of the molecule is CCc1noc(CN2CCC(C3CCCN3)CC2)n1. The number of piperidine rings is 1. The zero-order valence-electron chi connectivity index (χ0n) is 11.8. The fraction of sp³-hybridized carbons (Fsp3) is 0.857. The van der Waals surface area contributed by atoms with Gasteiger partial charge in [-0.15, -0.1) is 0 Å². The van der Waals surface area contributed by atoms with Gasteiger partial charge < -0.3 is 9.84 Å². The molecule has 2 saturated heterocycles. The summed E-state index contributed by atoms with van der Waals surface area (Å²) in [4.78, 5) is 6.83. The van der Waals surface area contributed by atoms with Crippen LogP contribution in [0.2, 0.25) is 0 Å². The maximum Gasteiger partial charge on any atom is 0.240 e. The minimum atomic E-state index is 0.772. The van der Waals surface area contributed by atoms with Crippen LogP contribution >= 0.6 is 0 Å². The molecule has 106 valence electrons. The fourth-order valence-electron chi connectivity index (χ4n) is 3.32. The van der Waals surface area contributed by atoms with Crippen LogP contribution in [-0.2, 0) is 13.0 Å². The molecular weight excluding hydrogens is 240 g/mol. The molecule has 0 saturated carbocycles. The zero-order valence-corrected chi connectivity index (χ0v) is 11.8. The van der Waals surface area contributed by atoms with Gasteiger partial charge in [-0.05, 0) is 51.2 Å². The summed E-state index contributed by atoms with van der Waals surface area (Å²) in [6.45, 7) is 6.40. The Kier molecular flexibility index (Phi) is 4.13. The summed E-state index contributed by atoms with van der Waals surface area (Å²) >= 11 is 0. The highest BCUT2D eigenvalue weighted by molar-refractivity contribution is 4.89. The Labute approximate surface area is 114 Å². The van der Waals surface area contributed by atoms with Crippen molar-refractivity contribution in [3.8, 4) is 0 Å². The van der Waals surface area contributed by atoms with Crippen molar-refractivity contribution in [2.45, 2.75) is 51.6 Å². The van der Waals surface area contributed by atoms with Crippen LogP contribution in [-0.4, -0.2) is 40.7 Å². The number of nitrogens with zero attached hydrogens (tertiary/aromatic N) is 3. The van der Waals surface area contributed by atoms with Gasteiger partial charge in [-0.2, -0.15) is 4.98 Å². The van der Waals surface area contributed by atoms with Crippen LogP contribution in [0.5, 0.6) is 0 Å². The number of likely N-dealkylation sites (tertiary alicyclic amines) is 1. The van der Waals surface area contributed by atoms with Crippen molar-refractivity contribution >= 4 is 0 Å². The summed E-state index contributed by atoms with van der Waals surface area (Å²) in [6, 6.07) is 0.775. The summed E-state index contributed by atoms with van der Waals surface area (Å²) in [7, 11) is 0. The number of rotatable bonds is 4. The number of hydrogen-bond donors (Lipinski definition) is 1. The molecule has 3 rings (SSSR count). The Morgan fingerprint density at radius 2 is 2.16 bits per heavy atom. The largest absolute Gasteiger partial charge is 0.338 e. The monoisotopic (exact) mass is 264 g/mol. The molecule has 0 bridgehead atoms. The van der Waals surface area contributed by atoms with Crippen LogP contribution in [0.3, 0.4) is 0 Å². The third-order valence-corrected chi connectivity index (χ3v) is 4.48. The minimum absolute atomic E-state index is 0.772. The average molecular weight is 264 g/mol. The van der Waals surface area contributed by atoms with Crippen LogP contribution in [0, 0.1) is 5.92 Å². The molecule has 2 aliphatic heterocycles. The fourth-order valence-corrected chi connectivity index (χ4v) is 3.32. The number of nitrogens with one attached hydrogen (secondary N) is 1. The van der Waals surface area contributed by atoms with Gasteiger partial charge in [-0.1, -0.05) is 12.1 Å². The molecule has 1 unspecified atom stereocenters. The molecule has 0 aliphatic carbocycles. The highest BCUT2D eigenvalue weighted by Crippen LogP contribution is 2.26. The molecule has 1 atom stereocenters. The number of aromatic nitrogens is 2. The topological polar surface area (TPSA) is 54.2 Å². The van der Waals surface area contributed by atoms with E-state index in [4.69, 9.17) is 4.52 Å². The van der Waals surface area contributed by atoms with E-state index in [0.29, 0.717) is 0 Å². The second-order valence-corrected chi connectivity index (χ2v) is 5.77. The Bertz CT molecular complexity index is 392. The number of aryl methyl sites for hydroxylation is 1. The van der Waals surface area contributed by atoms with E-state index >= 15 is 0 Å². The maximum absolute atomic E-state index is 5.27. The van der Waals surface area contributed by atoms with E-state index < -0.39 is 0 Å². The van der Waals surface area contributed by atoms with Crippen molar-refractivity contribution < 1.29 is 4.52 Å². The van der Waals surface area contributed by atoms with E-state index in [9.17, 15) is 0 Å². The van der Waals surface area contributed by atoms with Crippen molar-refractivity contribution in [1.29, 1.82) is 0 Å². The molecule has 1 N–H and O–H groups in total. The highest BCUT2D eigenvalue weighted by Gasteiger charge is 2.28. The van der Waals surface area contributed by atoms with Gasteiger partial charge in [-0.3, -0.25) is 4.90 Å². The van der Waals surface area contributed by atoms with Crippen molar-refractivity contribution in [3.05, 3.63) is 11.7 Å². The van der Waals surface area contributed by atoms with Gasteiger partial charge in [0.15, 0.2) is 5.82 Å². The molecule has 0 amide bonds. The molecule has 1 aromatic heterocycles. The van der Waals surface area contributed by atoms with Gasteiger partial charge in [0.05, 0.1) is 6.54 Å². The maximum atomic E-state index is 5.27. The van der Waals surface area contributed by atoms with Gasteiger partial charge in [-0.25, -0.2) is 0 Å². The summed E-state index contributed by atoms with van der Waals surface area (Å²) in [5.41, 5.74) is 0. The Balaban J connectivity index is 1.47. The molecule has 1 aromatic rings. The normalized spacial score (nSPS) is 26.1. The highest BCUT2D eigenvalue weighted by atomic mass is 16.5. The molecule has 5 nitrogen and oxygen atoms in total. The van der Waals surface area contributed by atoms with Gasteiger partial charge >= 0.3 is 0 Å². The quantitative estimate of drug-likeness (QED) is 0.895. The molecule has 19 heavy (non-hydrogen) atoms. The summed E-state index contributed by atoms with van der Waals surface area (Å²) in [5.74, 6) is 2.46. The van der Waals surface area contributed by atoms with Gasteiger partial charge in [0, 0.05) is 12.5 Å². The summed E-state index contributed by atoms with van der Waals surface area (Å²) < 4.78 is 5.27. The molecular formula is C14H24N4O. The van der Waals surface area contributed by atoms with Crippen LogP contribution in [0.25, 0.3) is 0 Å². The van der Waals surface area contributed by atoms with Crippen molar-refractivity contribution in [3.63, 3.8) is 0 Å². The second kappa shape index (κ2) is 6.01. The first-order valence-corrected chi connectivity index (χ1v) is 7.62. The lowest BCUT2D eigenvalue weighted by Crippen LogP contribution is -2.40. The van der Waals surface area contributed by atoms with E-state index in [0.717, 1.165) is 49.7 Å². The van der Waals surface area contributed by atoms with E-state index in [2.05, 4.69) is 27.3 Å².